The molecule has 0 saturated heterocycles. The lowest BCUT2D eigenvalue weighted by Crippen LogP contribution is -1.82. The van der Waals surface area contributed by atoms with Crippen molar-refractivity contribution in [1.29, 1.82) is 0 Å². The maximum absolute atomic E-state index is 5.22. The van der Waals surface area contributed by atoms with Crippen LogP contribution in [0.1, 0.15) is 30.1 Å². The molecule has 1 aliphatic carbocycles. The van der Waals surface area contributed by atoms with Gasteiger partial charge in [0, 0.05) is 17.7 Å². The highest BCUT2D eigenvalue weighted by Gasteiger charge is 2.29. The Morgan fingerprint density at radius 2 is 2.36 bits per heavy atom. The van der Waals surface area contributed by atoms with E-state index in [1.54, 1.807) is 0 Å². The second kappa shape index (κ2) is 2.70. The van der Waals surface area contributed by atoms with Crippen molar-refractivity contribution in [3.63, 3.8) is 0 Å². The van der Waals surface area contributed by atoms with Gasteiger partial charge in [0.05, 0.1) is 17.5 Å². The van der Waals surface area contributed by atoms with Crippen LogP contribution in [0, 0.1) is 6.92 Å². The lowest BCUT2D eigenvalue weighted by Gasteiger charge is -1.94. The Morgan fingerprint density at radius 3 is 3.00 bits per heavy atom. The van der Waals surface area contributed by atoms with Gasteiger partial charge < -0.3 is 4.52 Å². The first kappa shape index (κ1) is 7.79. The summed E-state index contributed by atoms with van der Waals surface area (Å²) in [6.45, 7) is 1.92. The highest BCUT2D eigenvalue weighted by molar-refractivity contribution is 5.60. The molecule has 2 heterocycles. The van der Waals surface area contributed by atoms with E-state index in [2.05, 4.69) is 15.4 Å². The average Bonchev–Trinajstić information content (AvgIpc) is 2.75. The SMILES string of the molecule is Cc1cc(-c2cn[nH]c2C2CC2)on1. The maximum atomic E-state index is 5.22. The molecule has 0 aliphatic heterocycles. The molecule has 0 spiro atoms. The van der Waals surface area contributed by atoms with E-state index in [0.717, 1.165) is 17.0 Å². The smallest absolute Gasteiger partial charge is 0.170 e. The van der Waals surface area contributed by atoms with Crippen LogP contribution in [0.5, 0.6) is 0 Å². The normalized spacial score (nSPS) is 16.1. The van der Waals surface area contributed by atoms with E-state index in [4.69, 9.17) is 4.52 Å². The average molecular weight is 189 g/mol. The van der Waals surface area contributed by atoms with E-state index in [9.17, 15) is 0 Å². The largest absolute Gasteiger partial charge is 0.356 e. The van der Waals surface area contributed by atoms with Gasteiger partial charge in [-0.2, -0.15) is 5.10 Å². The molecule has 4 nitrogen and oxygen atoms in total. The maximum Gasteiger partial charge on any atom is 0.170 e. The summed E-state index contributed by atoms with van der Waals surface area (Å²) in [7, 11) is 0. The predicted molar refractivity (Wildman–Crippen MR) is 50.8 cm³/mol. The fourth-order valence-electron chi connectivity index (χ4n) is 1.67. The summed E-state index contributed by atoms with van der Waals surface area (Å²) in [5.41, 5.74) is 3.16. The standard InChI is InChI=1S/C10H11N3O/c1-6-4-9(14-13-6)8-5-11-12-10(8)7-2-3-7/h4-5,7H,2-3H2,1H3,(H,11,12). The third-order valence-electron chi connectivity index (χ3n) is 2.55. The highest BCUT2D eigenvalue weighted by atomic mass is 16.5. The van der Waals surface area contributed by atoms with E-state index >= 15 is 0 Å². The van der Waals surface area contributed by atoms with Gasteiger partial charge in [0.1, 0.15) is 0 Å². The molecular weight excluding hydrogens is 178 g/mol. The Hall–Kier alpha value is -1.58. The van der Waals surface area contributed by atoms with Crippen LogP contribution in [0.25, 0.3) is 11.3 Å². The molecule has 2 aromatic heterocycles. The number of aryl methyl sites for hydroxylation is 1. The molecule has 1 saturated carbocycles. The molecule has 2 aromatic rings. The van der Waals surface area contributed by atoms with Crippen LogP contribution >= 0.6 is 0 Å². The third-order valence-corrected chi connectivity index (χ3v) is 2.55. The van der Waals surface area contributed by atoms with Gasteiger partial charge in [0.2, 0.25) is 0 Å². The molecule has 1 aliphatic rings. The minimum absolute atomic E-state index is 0.651. The Kier molecular flexibility index (Phi) is 1.50. The Balaban J connectivity index is 2.06. The summed E-state index contributed by atoms with van der Waals surface area (Å²) in [6, 6.07) is 1.94. The monoisotopic (exact) mass is 189 g/mol. The molecular formula is C10H11N3O. The highest BCUT2D eigenvalue weighted by Crippen LogP contribution is 2.43. The Morgan fingerprint density at radius 1 is 1.50 bits per heavy atom. The molecule has 72 valence electrons. The molecule has 0 amide bonds. The predicted octanol–water partition coefficient (Wildman–Crippen LogP) is 2.25. The number of hydrogen-bond acceptors (Lipinski definition) is 3. The molecule has 4 heteroatoms. The van der Waals surface area contributed by atoms with Gasteiger partial charge in [-0.05, 0) is 19.8 Å². The molecule has 0 aromatic carbocycles. The zero-order valence-corrected chi connectivity index (χ0v) is 7.95. The summed E-state index contributed by atoms with van der Waals surface area (Å²) in [4.78, 5) is 0. The first-order chi connectivity index (χ1) is 6.84. The minimum Gasteiger partial charge on any atom is -0.356 e. The van der Waals surface area contributed by atoms with E-state index in [1.807, 2.05) is 19.2 Å². The third kappa shape index (κ3) is 1.14. The quantitative estimate of drug-likeness (QED) is 0.788. The van der Waals surface area contributed by atoms with Crippen LogP contribution in [0.4, 0.5) is 0 Å². The summed E-state index contributed by atoms with van der Waals surface area (Å²) < 4.78 is 5.22. The number of H-pyrrole nitrogens is 1. The number of hydrogen-bond donors (Lipinski definition) is 1. The zero-order chi connectivity index (χ0) is 9.54. The van der Waals surface area contributed by atoms with Crippen molar-refractivity contribution in [2.75, 3.05) is 0 Å². The zero-order valence-electron chi connectivity index (χ0n) is 7.95. The molecule has 3 rings (SSSR count). The van der Waals surface area contributed by atoms with E-state index in [0.29, 0.717) is 5.92 Å². The van der Waals surface area contributed by atoms with Gasteiger partial charge in [-0.1, -0.05) is 5.16 Å². The van der Waals surface area contributed by atoms with Gasteiger partial charge in [-0.15, -0.1) is 0 Å². The molecule has 0 radical (unpaired) electrons. The number of rotatable bonds is 2. The summed E-state index contributed by atoms with van der Waals surface area (Å²) in [5.74, 6) is 1.47. The van der Waals surface area contributed by atoms with Crippen LogP contribution in [-0.2, 0) is 0 Å². The van der Waals surface area contributed by atoms with Crippen molar-refractivity contribution in [3.8, 4) is 11.3 Å². The summed E-state index contributed by atoms with van der Waals surface area (Å²) >= 11 is 0. The van der Waals surface area contributed by atoms with E-state index in [1.165, 1.54) is 18.5 Å². The lowest BCUT2D eigenvalue weighted by atomic mass is 10.1. The second-order valence-electron chi connectivity index (χ2n) is 3.80. The number of aromatic amines is 1. The second-order valence-corrected chi connectivity index (χ2v) is 3.80. The Labute approximate surface area is 81.3 Å². The molecule has 0 unspecified atom stereocenters. The van der Waals surface area contributed by atoms with Gasteiger partial charge in [-0.25, -0.2) is 0 Å². The van der Waals surface area contributed by atoms with Crippen molar-refractivity contribution in [3.05, 3.63) is 23.7 Å². The number of aromatic nitrogens is 3. The van der Waals surface area contributed by atoms with Crippen molar-refractivity contribution >= 4 is 0 Å². The van der Waals surface area contributed by atoms with Gasteiger partial charge in [0.25, 0.3) is 0 Å². The van der Waals surface area contributed by atoms with Crippen molar-refractivity contribution < 1.29 is 4.52 Å². The van der Waals surface area contributed by atoms with Gasteiger partial charge >= 0.3 is 0 Å². The van der Waals surface area contributed by atoms with Crippen LogP contribution in [0.3, 0.4) is 0 Å². The molecule has 0 atom stereocenters. The summed E-state index contributed by atoms with van der Waals surface area (Å²) in [5, 5.41) is 11.0. The van der Waals surface area contributed by atoms with Crippen LogP contribution < -0.4 is 0 Å². The molecule has 1 fully saturated rings. The van der Waals surface area contributed by atoms with Gasteiger partial charge in [0.15, 0.2) is 5.76 Å². The number of nitrogens with zero attached hydrogens (tertiary/aromatic N) is 2. The molecule has 14 heavy (non-hydrogen) atoms. The van der Waals surface area contributed by atoms with E-state index < -0.39 is 0 Å². The Bertz CT molecular complexity index is 453. The molecule has 0 bridgehead atoms. The topological polar surface area (TPSA) is 54.7 Å². The van der Waals surface area contributed by atoms with Crippen LogP contribution in [-0.4, -0.2) is 15.4 Å². The first-order valence-corrected chi connectivity index (χ1v) is 4.81. The summed E-state index contributed by atoms with van der Waals surface area (Å²) in [6.07, 6.45) is 4.32. The van der Waals surface area contributed by atoms with Crippen LogP contribution in [0.15, 0.2) is 16.8 Å². The van der Waals surface area contributed by atoms with Gasteiger partial charge in [-0.3, -0.25) is 5.10 Å². The lowest BCUT2D eigenvalue weighted by molar-refractivity contribution is 0.427. The van der Waals surface area contributed by atoms with E-state index in [-0.39, 0.29) is 0 Å². The minimum atomic E-state index is 0.651. The first-order valence-electron chi connectivity index (χ1n) is 4.81. The van der Waals surface area contributed by atoms with Crippen LogP contribution in [0.2, 0.25) is 0 Å². The fraction of sp³-hybridized carbons (Fsp3) is 0.400. The van der Waals surface area contributed by atoms with Crippen molar-refractivity contribution in [1.82, 2.24) is 15.4 Å². The fourth-order valence-corrected chi connectivity index (χ4v) is 1.67. The van der Waals surface area contributed by atoms with Crippen molar-refractivity contribution in [2.24, 2.45) is 0 Å². The molecule has 1 N–H and O–H groups in total. The number of nitrogens with one attached hydrogen (secondary N) is 1. The van der Waals surface area contributed by atoms with Crippen molar-refractivity contribution in [2.45, 2.75) is 25.7 Å².